The molecule has 13 heavy (non-hydrogen) atoms. The van der Waals surface area contributed by atoms with Crippen molar-refractivity contribution >= 4 is 5.97 Å². The fourth-order valence-corrected chi connectivity index (χ4v) is 0.397. The molecule has 0 rings (SSSR count). The lowest BCUT2D eigenvalue weighted by atomic mass is 10.3. The van der Waals surface area contributed by atoms with Crippen molar-refractivity contribution in [2.24, 2.45) is 0 Å². The minimum absolute atomic E-state index is 0. The Bertz CT molecular complexity index is 200. The molecule has 0 aromatic rings. The molecule has 0 radical (unpaired) electrons. The van der Waals surface area contributed by atoms with E-state index in [0.29, 0.717) is 5.57 Å². The van der Waals surface area contributed by atoms with E-state index in [4.69, 9.17) is 4.84 Å². The van der Waals surface area contributed by atoms with Crippen LogP contribution in [0.3, 0.4) is 0 Å². The van der Waals surface area contributed by atoms with Crippen LogP contribution in [0.4, 0.5) is 0 Å². The molecule has 0 saturated heterocycles. The minimum Gasteiger partial charge on any atom is -1.00 e. The number of halogens is 1. The van der Waals surface area contributed by atoms with E-state index in [1.54, 1.807) is 6.92 Å². The van der Waals surface area contributed by atoms with Crippen molar-refractivity contribution in [3.8, 4) is 0 Å². The first-order valence-electron chi connectivity index (χ1n) is 4.00. The molecule has 0 aliphatic carbocycles. The summed E-state index contributed by atoms with van der Waals surface area (Å²) in [6, 6.07) is 0.244. The van der Waals surface area contributed by atoms with Crippen LogP contribution in [0, 0.1) is 0 Å². The van der Waals surface area contributed by atoms with Crippen LogP contribution in [0.15, 0.2) is 12.2 Å². The van der Waals surface area contributed by atoms with E-state index in [1.807, 2.05) is 27.9 Å². The molecular formula is C9H18BrNO2. The molecule has 0 bridgehead atoms. The van der Waals surface area contributed by atoms with Gasteiger partial charge in [0.2, 0.25) is 0 Å². The Morgan fingerprint density at radius 2 is 1.77 bits per heavy atom. The summed E-state index contributed by atoms with van der Waals surface area (Å²) in [7, 11) is 3.68. The zero-order chi connectivity index (χ0) is 9.94. The quantitative estimate of drug-likeness (QED) is 0.347. The molecule has 0 aliphatic heterocycles. The van der Waals surface area contributed by atoms with Crippen molar-refractivity contribution in [3.63, 3.8) is 0 Å². The highest BCUT2D eigenvalue weighted by Gasteiger charge is 2.26. The van der Waals surface area contributed by atoms with Gasteiger partial charge in [0.1, 0.15) is 20.1 Å². The van der Waals surface area contributed by atoms with Crippen molar-refractivity contribution in [2.45, 2.75) is 26.8 Å². The number of rotatable bonds is 3. The van der Waals surface area contributed by atoms with Gasteiger partial charge in [0.15, 0.2) is 0 Å². The van der Waals surface area contributed by atoms with Gasteiger partial charge in [0.05, 0.1) is 0 Å². The maximum atomic E-state index is 11.1. The first kappa shape index (κ1) is 15.1. The van der Waals surface area contributed by atoms with E-state index >= 15 is 0 Å². The van der Waals surface area contributed by atoms with Gasteiger partial charge < -0.3 is 17.0 Å². The van der Waals surface area contributed by atoms with Gasteiger partial charge in [-0.05, 0) is 20.8 Å². The maximum absolute atomic E-state index is 11.1. The third-order valence-corrected chi connectivity index (χ3v) is 1.91. The van der Waals surface area contributed by atoms with Gasteiger partial charge in [-0.2, -0.15) is 0 Å². The average Bonchev–Trinajstić information content (AvgIpc) is 1.85. The molecule has 0 N–H and O–H groups in total. The van der Waals surface area contributed by atoms with Crippen LogP contribution < -0.4 is 17.0 Å². The van der Waals surface area contributed by atoms with Crippen molar-refractivity contribution in [3.05, 3.63) is 12.2 Å². The molecular weight excluding hydrogens is 234 g/mol. The van der Waals surface area contributed by atoms with Gasteiger partial charge in [0, 0.05) is 5.57 Å². The van der Waals surface area contributed by atoms with Crippen molar-refractivity contribution in [1.29, 1.82) is 0 Å². The first-order chi connectivity index (χ1) is 5.27. The van der Waals surface area contributed by atoms with Crippen LogP contribution in [0.25, 0.3) is 0 Å². The standard InChI is InChI=1S/C9H18NO2.BrH/c1-7(2)9(11)12-10(5,6)8(3)4;/h8H,1H2,2-6H3;1H/q+1;/p-1. The lowest BCUT2D eigenvalue weighted by Crippen LogP contribution is -3.00. The highest BCUT2D eigenvalue weighted by molar-refractivity contribution is 5.86. The second-order valence-corrected chi connectivity index (χ2v) is 3.69. The minimum atomic E-state index is -0.339. The highest BCUT2D eigenvalue weighted by Crippen LogP contribution is 2.08. The van der Waals surface area contributed by atoms with Gasteiger partial charge in [-0.1, -0.05) is 6.58 Å². The highest BCUT2D eigenvalue weighted by atomic mass is 79.9. The van der Waals surface area contributed by atoms with Gasteiger partial charge in [-0.15, -0.1) is 4.65 Å². The summed E-state index contributed by atoms with van der Waals surface area (Å²) in [6.45, 7) is 9.14. The molecule has 0 amide bonds. The molecule has 0 fully saturated rings. The second-order valence-electron chi connectivity index (χ2n) is 3.69. The number of hydroxylamine groups is 3. The predicted octanol–water partition coefficient (Wildman–Crippen LogP) is -1.49. The molecule has 0 saturated carbocycles. The van der Waals surface area contributed by atoms with E-state index < -0.39 is 0 Å². The fraction of sp³-hybridized carbons (Fsp3) is 0.667. The van der Waals surface area contributed by atoms with Crippen molar-refractivity contribution in [1.82, 2.24) is 0 Å². The summed E-state index contributed by atoms with van der Waals surface area (Å²) >= 11 is 0. The summed E-state index contributed by atoms with van der Waals surface area (Å²) < 4.78 is 0.228. The number of hydrogen-bond acceptors (Lipinski definition) is 2. The number of quaternary nitrogens is 1. The van der Waals surface area contributed by atoms with Crippen molar-refractivity contribution in [2.75, 3.05) is 14.1 Å². The van der Waals surface area contributed by atoms with Crippen LogP contribution in [0.2, 0.25) is 0 Å². The van der Waals surface area contributed by atoms with Gasteiger partial charge >= 0.3 is 5.97 Å². The zero-order valence-corrected chi connectivity index (χ0v) is 10.5. The number of nitrogens with zero attached hydrogens (tertiary/aromatic N) is 1. The normalized spacial score (nSPS) is 10.6. The zero-order valence-electron chi connectivity index (χ0n) is 8.93. The molecule has 78 valence electrons. The Morgan fingerprint density at radius 3 is 2.00 bits per heavy atom. The third-order valence-electron chi connectivity index (χ3n) is 1.91. The third kappa shape index (κ3) is 5.05. The number of carbonyl (C=O) groups is 1. The predicted molar refractivity (Wildman–Crippen MR) is 48.2 cm³/mol. The van der Waals surface area contributed by atoms with E-state index in [-0.39, 0.29) is 33.6 Å². The fourth-order valence-electron chi connectivity index (χ4n) is 0.397. The maximum Gasteiger partial charge on any atom is 0.392 e. The summed E-state index contributed by atoms with van der Waals surface area (Å²) in [5.41, 5.74) is 0.432. The van der Waals surface area contributed by atoms with E-state index in [0.717, 1.165) is 0 Å². The van der Waals surface area contributed by atoms with Crippen LogP contribution >= 0.6 is 0 Å². The average molecular weight is 252 g/mol. The summed E-state index contributed by atoms with van der Waals surface area (Å²) in [6.07, 6.45) is 0. The van der Waals surface area contributed by atoms with Crippen LogP contribution in [-0.4, -0.2) is 30.8 Å². The summed E-state index contributed by atoms with van der Waals surface area (Å²) in [5, 5.41) is 0. The lowest BCUT2D eigenvalue weighted by molar-refractivity contribution is -1.08. The smallest absolute Gasteiger partial charge is 0.392 e. The van der Waals surface area contributed by atoms with E-state index in [1.165, 1.54) is 0 Å². The molecule has 0 atom stereocenters. The lowest BCUT2D eigenvalue weighted by Gasteiger charge is -2.29. The molecule has 0 spiro atoms. The Balaban J connectivity index is 0. The Hall–Kier alpha value is -0.350. The molecule has 0 heterocycles. The van der Waals surface area contributed by atoms with Crippen molar-refractivity contribution < 1.29 is 31.3 Å². The van der Waals surface area contributed by atoms with Crippen LogP contribution in [0.1, 0.15) is 20.8 Å². The summed E-state index contributed by atoms with van der Waals surface area (Å²) in [5.74, 6) is -0.339. The summed E-state index contributed by atoms with van der Waals surface area (Å²) in [4.78, 5) is 16.3. The Morgan fingerprint density at radius 1 is 1.38 bits per heavy atom. The number of carbonyl (C=O) groups excluding carboxylic acids is 1. The monoisotopic (exact) mass is 251 g/mol. The van der Waals surface area contributed by atoms with Crippen LogP contribution in [0.5, 0.6) is 0 Å². The number of hydrogen-bond donors (Lipinski definition) is 0. The topological polar surface area (TPSA) is 26.3 Å². The Kier molecular flexibility index (Phi) is 6.28. The second kappa shape index (κ2) is 5.40. The molecule has 4 heteroatoms. The molecule has 0 aromatic heterocycles. The molecule has 0 aromatic carbocycles. The Labute approximate surface area is 90.7 Å². The largest absolute Gasteiger partial charge is 1.00 e. The van der Waals surface area contributed by atoms with Gasteiger partial charge in [-0.3, -0.25) is 4.84 Å². The van der Waals surface area contributed by atoms with E-state index in [9.17, 15) is 4.79 Å². The van der Waals surface area contributed by atoms with Crippen LogP contribution in [-0.2, 0) is 9.63 Å². The van der Waals surface area contributed by atoms with Gasteiger partial charge in [0.25, 0.3) is 0 Å². The van der Waals surface area contributed by atoms with Gasteiger partial charge in [-0.25, -0.2) is 4.79 Å². The molecule has 0 unspecified atom stereocenters. The first-order valence-corrected chi connectivity index (χ1v) is 4.00. The molecule has 0 aliphatic rings. The van der Waals surface area contributed by atoms with E-state index in [2.05, 4.69) is 6.58 Å². The SMILES string of the molecule is C=C(C)C(=O)O[N+](C)(C)C(C)C.[Br-]. The molecule has 3 nitrogen and oxygen atoms in total.